The van der Waals surface area contributed by atoms with Crippen LogP contribution in [0.5, 0.6) is 0 Å². The molecule has 1 aliphatic rings. The molecule has 1 atom stereocenters. The van der Waals surface area contributed by atoms with E-state index in [1.54, 1.807) is 50.2 Å². The number of rotatable bonds is 6. The van der Waals surface area contributed by atoms with Gasteiger partial charge in [0, 0.05) is 23.4 Å². The van der Waals surface area contributed by atoms with E-state index in [4.69, 9.17) is 20.8 Å². The zero-order valence-corrected chi connectivity index (χ0v) is 19.0. The molecule has 34 heavy (non-hydrogen) atoms. The highest BCUT2D eigenvalue weighted by Gasteiger charge is 2.38. The maximum absolute atomic E-state index is 13.1. The predicted molar refractivity (Wildman–Crippen MR) is 125 cm³/mol. The lowest BCUT2D eigenvalue weighted by Gasteiger charge is -2.34. The Kier molecular flexibility index (Phi) is 6.38. The maximum atomic E-state index is 13.1. The lowest BCUT2D eigenvalue weighted by atomic mass is 9.99. The standard InChI is InChI=1S/C24H20ClN3O6/c1-3-33-23(29)21-14(2)27(15-7-5-4-6-8-15)24(30)26-22(21)20-12-11-19(34-20)17-13-16(28(31)32)9-10-18(17)25/h4-13,22H,3H2,1-2H3,(H,26,30)/t22-/m0/s1. The third-order valence-corrected chi connectivity index (χ3v) is 5.66. The molecular weight excluding hydrogens is 462 g/mol. The van der Waals surface area contributed by atoms with Gasteiger partial charge in [0.1, 0.15) is 17.6 Å². The number of allylic oxidation sites excluding steroid dienone is 1. The molecule has 9 nitrogen and oxygen atoms in total. The number of non-ortho nitro benzene ring substituents is 1. The van der Waals surface area contributed by atoms with Gasteiger partial charge in [-0.2, -0.15) is 0 Å². The number of nitro groups is 1. The number of furan rings is 1. The fourth-order valence-electron chi connectivity index (χ4n) is 3.79. The second-order valence-electron chi connectivity index (χ2n) is 7.40. The Hall–Kier alpha value is -4.11. The number of halogens is 1. The molecule has 0 aliphatic carbocycles. The topological polar surface area (TPSA) is 115 Å². The van der Waals surface area contributed by atoms with Gasteiger partial charge in [0.05, 0.1) is 27.8 Å². The quantitative estimate of drug-likeness (QED) is 0.278. The fraction of sp³-hybridized carbons (Fsp3) is 0.167. The normalized spacial score (nSPS) is 15.8. The minimum absolute atomic E-state index is 0.147. The smallest absolute Gasteiger partial charge is 0.338 e. The SMILES string of the molecule is CCOC(=O)C1=C(C)N(c2ccccc2)C(=O)N[C@H]1c1ccc(-c2cc([N+](=O)[O-])ccc2Cl)o1. The van der Waals surface area contributed by atoms with Gasteiger partial charge in [-0.05, 0) is 44.2 Å². The number of esters is 1. The molecule has 1 aliphatic heterocycles. The van der Waals surface area contributed by atoms with Crippen LogP contribution in [-0.2, 0) is 9.53 Å². The van der Waals surface area contributed by atoms with Gasteiger partial charge in [-0.15, -0.1) is 0 Å². The first-order valence-corrected chi connectivity index (χ1v) is 10.8. The summed E-state index contributed by atoms with van der Waals surface area (Å²) in [6, 6.07) is 14.7. The molecule has 0 fully saturated rings. The molecular formula is C24H20ClN3O6. The van der Waals surface area contributed by atoms with E-state index in [1.165, 1.54) is 23.1 Å². The molecule has 1 N–H and O–H groups in total. The van der Waals surface area contributed by atoms with Crippen molar-refractivity contribution >= 4 is 35.0 Å². The Labute approximate surface area is 199 Å². The van der Waals surface area contributed by atoms with Crippen LogP contribution in [0.3, 0.4) is 0 Å². The average Bonchev–Trinajstić information content (AvgIpc) is 3.29. The number of benzene rings is 2. The van der Waals surface area contributed by atoms with E-state index in [1.807, 2.05) is 6.07 Å². The number of carbonyl (C=O) groups is 2. The van der Waals surface area contributed by atoms with E-state index >= 15 is 0 Å². The number of hydrogen-bond acceptors (Lipinski definition) is 6. The van der Waals surface area contributed by atoms with Gasteiger partial charge in [0.25, 0.3) is 5.69 Å². The van der Waals surface area contributed by atoms with E-state index in [0.29, 0.717) is 16.9 Å². The number of nitro benzene ring substituents is 1. The molecule has 0 radical (unpaired) electrons. The summed E-state index contributed by atoms with van der Waals surface area (Å²) in [5.74, 6) is -0.0948. The van der Waals surface area contributed by atoms with E-state index in [0.717, 1.165) is 0 Å². The third-order valence-electron chi connectivity index (χ3n) is 5.33. The van der Waals surface area contributed by atoms with Crippen molar-refractivity contribution in [1.29, 1.82) is 0 Å². The highest BCUT2D eigenvalue weighted by Crippen LogP contribution is 2.38. The summed E-state index contributed by atoms with van der Waals surface area (Å²) in [7, 11) is 0. The van der Waals surface area contributed by atoms with Crippen LogP contribution in [0.1, 0.15) is 25.6 Å². The number of amides is 2. The van der Waals surface area contributed by atoms with Crippen LogP contribution in [0, 0.1) is 10.1 Å². The number of para-hydroxylation sites is 1. The minimum atomic E-state index is -0.933. The summed E-state index contributed by atoms with van der Waals surface area (Å²) in [5, 5.41) is 14.2. The second-order valence-corrected chi connectivity index (χ2v) is 7.80. The Morgan fingerprint density at radius 2 is 1.94 bits per heavy atom. The van der Waals surface area contributed by atoms with Crippen molar-refractivity contribution in [3.8, 4) is 11.3 Å². The molecule has 2 heterocycles. The zero-order valence-electron chi connectivity index (χ0n) is 18.3. The van der Waals surface area contributed by atoms with Crippen LogP contribution in [0.2, 0.25) is 5.02 Å². The Morgan fingerprint density at radius 3 is 2.62 bits per heavy atom. The number of urea groups is 1. The Morgan fingerprint density at radius 1 is 1.21 bits per heavy atom. The lowest BCUT2D eigenvalue weighted by Crippen LogP contribution is -2.48. The Balaban J connectivity index is 1.79. The Bertz CT molecular complexity index is 1300. The first kappa shape index (κ1) is 23.1. The van der Waals surface area contributed by atoms with E-state index in [9.17, 15) is 19.7 Å². The summed E-state index contributed by atoms with van der Waals surface area (Å²) in [5.41, 5.74) is 1.35. The highest BCUT2D eigenvalue weighted by atomic mass is 35.5. The molecule has 0 unspecified atom stereocenters. The molecule has 1 aromatic heterocycles. The molecule has 0 spiro atoms. The minimum Gasteiger partial charge on any atom is -0.463 e. The molecule has 2 aromatic carbocycles. The first-order valence-electron chi connectivity index (χ1n) is 10.4. The van der Waals surface area contributed by atoms with Gasteiger partial charge < -0.3 is 14.5 Å². The molecule has 0 saturated carbocycles. The molecule has 0 bridgehead atoms. The van der Waals surface area contributed by atoms with Crippen LogP contribution in [-0.4, -0.2) is 23.5 Å². The van der Waals surface area contributed by atoms with Crippen molar-refractivity contribution in [2.45, 2.75) is 19.9 Å². The molecule has 10 heteroatoms. The van der Waals surface area contributed by atoms with E-state index < -0.39 is 23.0 Å². The summed E-state index contributed by atoms with van der Waals surface area (Å²) in [6.07, 6.45) is 0. The summed E-state index contributed by atoms with van der Waals surface area (Å²) in [4.78, 5) is 38.0. The van der Waals surface area contributed by atoms with Crippen LogP contribution in [0.4, 0.5) is 16.2 Å². The van der Waals surface area contributed by atoms with Crippen molar-refractivity contribution in [3.63, 3.8) is 0 Å². The van der Waals surface area contributed by atoms with Gasteiger partial charge in [0.2, 0.25) is 0 Å². The molecule has 3 aromatic rings. The predicted octanol–water partition coefficient (Wildman–Crippen LogP) is 5.62. The number of carbonyl (C=O) groups excluding carboxylic acids is 2. The number of nitrogens with one attached hydrogen (secondary N) is 1. The van der Waals surface area contributed by atoms with Crippen molar-refractivity contribution in [2.75, 3.05) is 11.5 Å². The molecule has 0 saturated heterocycles. The first-order chi connectivity index (χ1) is 16.3. The average molecular weight is 482 g/mol. The number of ether oxygens (including phenoxy) is 1. The maximum Gasteiger partial charge on any atom is 0.338 e. The molecule has 174 valence electrons. The molecule has 4 rings (SSSR count). The van der Waals surface area contributed by atoms with Crippen LogP contribution in [0.15, 0.2) is 76.4 Å². The van der Waals surface area contributed by atoms with Gasteiger partial charge in [-0.25, -0.2) is 9.59 Å². The lowest BCUT2D eigenvalue weighted by molar-refractivity contribution is -0.384. The van der Waals surface area contributed by atoms with Crippen molar-refractivity contribution in [1.82, 2.24) is 5.32 Å². The highest BCUT2D eigenvalue weighted by molar-refractivity contribution is 6.33. The summed E-state index contributed by atoms with van der Waals surface area (Å²) < 4.78 is 11.2. The largest absolute Gasteiger partial charge is 0.463 e. The molecule has 2 amide bonds. The van der Waals surface area contributed by atoms with Gasteiger partial charge >= 0.3 is 12.0 Å². The van der Waals surface area contributed by atoms with Crippen LogP contribution in [0.25, 0.3) is 11.3 Å². The van der Waals surface area contributed by atoms with E-state index in [2.05, 4.69) is 5.32 Å². The van der Waals surface area contributed by atoms with E-state index in [-0.39, 0.29) is 34.4 Å². The van der Waals surface area contributed by atoms with Gasteiger partial charge in [-0.1, -0.05) is 29.8 Å². The van der Waals surface area contributed by atoms with Crippen molar-refractivity contribution in [3.05, 3.63) is 92.8 Å². The van der Waals surface area contributed by atoms with Gasteiger partial charge in [0.15, 0.2) is 0 Å². The van der Waals surface area contributed by atoms with Gasteiger partial charge in [-0.3, -0.25) is 15.0 Å². The number of hydrogen-bond donors (Lipinski definition) is 1. The third kappa shape index (κ3) is 4.25. The van der Waals surface area contributed by atoms with Crippen molar-refractivity contribution in [2.24, 2.45) is 0 Å². The van der Waals surface area contributed by atoms with Crippen LogP contribution < -0.4 is 10.2 Å². The summed E-state index contributed by atoms with van der Waals surface area (Å²) >= 11 is 6.24. The van der Waals surface area contributed by atoms with Crippen LogP contribution >= 0.6 is 11.6 Å². The zero-order chi connectivity index (χ0) is 24.4. The second kappa shape index (κ2) is 9.40. The number of anilines is 1. The monoisotopic (exact) mass is 481 g/mol. The number of nitrogens with zero attached hydrogens (tertiary/aromatic N) is 2. The van der Waals surface area contributed by atoms with Crippen molar-refractivity contribution < 1.29 is 23.7 Å². The fourth-order valence-corrected chi connectivity index (χ4v) is 4.00. The summed E-state index contributed by atoms with van der Waals surface area (Å²) in [6.45, 7) is 3.50.